The second-order valence-electron chi connectivity index (χ2n) is 4.74. The van der Waals surface area contributed by atoms with Gasteiger partial charge in [0, 0.05) is 23.2 Å². The molecule has 0 saturated carbocycles. The first kappa shape index (κ1) is 12.2. The van der Waals surface area contributed by atoms with E-state index in [1.807, 2.05) is 18.2 Å². The molecule has 18 heavy (non-hydrogen) atoms. The highest BCUT2D eigenvalue weighted by Crippen LogP contribution is 2.29. The molecule has 1 aromatic heterocycles. The Hall–Kier alpha value is -2.30. The number of nitrogens with two attached hydrogens (primary N) is 2. The Morgan fingerprint density at radius 3 is 2.72 bits per heavy atom. The predicted octanol–water partition coefficient (Wildman–Crippen LogP) is 1.49. The summed E-state index contributed by atoms with van der Waals surface area (Å²) in [6, 6.07) is 5.56. The second-order valence-corrected chi connectivity index (χ2v) is 4.74. The molecule has 0 radical (unpaired) electrons. The van der Waals surface area contributed by atoms with Gasteiger partial charge >= 0.3 is 0 Å². The molecule has 94 valence electrons. The first-order valence-electron chi connectivity index (χ1n) is 5.62. The fraction of sp³-hybridized carbons (Fsp3) is 0.231. The van der Waals surface area contributed by atoms with Crippen LogP contribution in [-0.2, 0) is 4.79 Å². The summed E-state index contributed by atoms with van der Waals surface area (Å²) in [6.07, 6.45) is 3.43. The molecule has 0 spiro atoms. The second kappa shape index (κ2) is 4.18. The molecule has 0 aliphatic carbocycles. The number of fused-ring (bicyclic) bond motifs is 1. The van der Waals surface area contributed by atoms with Crippen LogP contribution in [0.3, 0.4) is 0 Å². The number of benzene rings is 1. The van der Waals surface area contributed by atoms with Gasteiger partial charge in [-0.2, -0.15) is 0 Å². The normalized spacial score (nSPS) is 11.4. The van der Waals surface area contributed by atoms with Crippen molar-refractivity contribution in [3.8, 4) is 0 Å². The summed E-state index contributed by atoms with van der Waals surface area (Å²) in [4.78, 5) is 15.3. The Labute approximate surface area is 105 Å². The number of anilines is 2. The van der Waals surface area contributed by atoms with E-state index < -0.39 is 11.4 Å². The van der Waals surface area contributed by atoms with E-state index in [0.29, 0.717) is 11.4 Å². The van der Waals surface area contributed by atoms with Gasteiger partial charge < -0.3 is 16.8 Å². The van der Waals surface area contributed by atoms with E-state index in [9.17, 15) is 4.79 Å². The summed E-state index contributed by atoms with van der Waals surface area (Å²) in [5.74, 6) is -0.434. The highest BCUT2D eigenvalue weighted by molar-refractivity contribution is 5.99. The molecular formula is C13H16N4O. The summed E-state index contributed by atoms with van der Waals surface area (Å²) in [7, 11) is 0. The van der Waals surface area contributed by atoms with E-state index in [0.717, 1.165) is 10.8 Å². The Morgan fingerprint density at radius 2 is 2.06 bits per heavy atom. The Balaban J connectivity index is 2.47. The summed E-state index contributed by atoms with van der Waals surface area (Å²) in [5.41, 5.74) is 11.8. The van der Waals surface area contributed by atoms with Crippen LogP contribution in [0.4, 0.5) is 11.4 Å². The number of primary amides is 1. The number of aromatic nitrogens is 1. The summed E-state index contributed by atoms with van der Waals surface area (Å²) < 4.78 is 0. The first-order valence-corrected chi connectivity index (χ1v) is 5.62. The average Bonchev–Trinajstić information content (AvgIpc) is 2.33. The van der Waals surface area contributed by atoms with E-state index in [-0.39, 0.29) is 0 Å². The van der Waals surface area contributed by atoms with Crippen molar-refractivity contribution < 1.29 is 4.79 Å². The van der Waals surface area contributed by atoms with E-state index in [1.165, 1.54) is 0 Å². The number of hydrogen-bond donors (Lipinski definition) is 3. The molecule has 0 fully saturated rings. The maximum atomic E-state index is 11.3. The smallest absolute Gasteiger partial charge is 0.242 e. The number of rotatable bonds is 3. The van der Waals surface area contributed by atoms with Crippen molar-refractivity contribution >= 4 is 28.1 Å². The van der Waals surface area contributed by atoms with E-state index in [2.05, 4.69) is 10.3 Å². The number of nitrogen functional groups attached to an aromatic ring is 1. The van der Waals surface area contributed by atoms with Gasteiger partial charge in [-0.25, -0.2) is 0 Å². The van der Waals surface area contributed by atoms with Crippen LogP contribution in [0.2, 0.25) is 0 Å². The molecular weight excluding hydrogens is 228 g/mol. The number of hydrogen-bond acceptors (Lipinski definition) is 4. The summed E-state index contributed by atoms with van der Waals surface area (Å²) in [6.45, 7) is 3.43. The van der Waals surface area contributed by atoms with Gasteiger partial charge in [0.25, 0.3) is 0 Å². The third-order valence-electron chi connectivity index (χ3n) is 2.92. The lowest BCUT2D eigenvalue weighted by molar-refractivity contribution is -0.121. The van der Waals surface area contributed by atoms with Gasteiger partial charge in [0.1, 0.15) is 5.54 Å². The van der Waals surface area contributed by atoms with Gasteiger partial charge in [-0.3, -0.25) is 9.78 Å². The topological polar surface area (TPSA) is 94.0 Å². The lowest BCUT2D eigenvalue weighted by Gasteiger charge is -2.25. The fourth-order valence-corrected chi connectivity index (χ4v) is 1.70. The quantitative estimate of drug-likeness (QED) is 0.713. The minimum Gasteiger partial charge on any atom is -0.397 e. The Morgan fingerprint density at radius 1 is 1.33 bits per heavy atom. The Kier molecular flexibility index (Phi) is 2.82. The van der Waals surface area contributed by atoms with Crippen molar-refractivity contribution in [2.45, 2.75) is 19.4 Å². The number of nitrogens with one attached hydrogen (secondary N) is 1. The summed E-state index contributed by atoms with van der Waals surface area (Å²) in [5, 5.41) is 4.91. The number of nitrogens with zero attached hydrogens (tertiary/aromatic N) is 1. The Bertz CT molecular complexity index is 607. The van der Waals surface area contributed by atoms with Crippen LogP contribution >= 0.6 is 0 Å². The lowest BCUT2D eigenvalue weighted by atomic mass is 10.0. The van der Waals surface area contributed by atoms with Crippen molar-refractivity contribution in [3.63, 3.8) is 0 Å². The minimum atomic E-state index is -0.852. The van der Waals surface area contributed by atoms with Crippen molar-refractivity contribution in [2.24, 2.45) is 5.73 Å². The molecule has 0 saturated heterocycles. The molecule has 1 aromatic carbocycles. The van der Waals surface area contributed by atoms with Gasteiger partial charge in [-0.15, -0.1) is 0 Å². The maximum absolute atomic E-state index is 11.3. The highest BCUT2D eigenvalue weighted by atomic mass is 16.1. The fourth-order valence-electron chi connectivity index (χ4n) is 1.70. The van der Waals surface area contributed by atoms with Crippen molar-refractivity contribution in [2.75, 3.05) is 11.1 Å². The largest absolute Gasteiger partial charge is 0.397 e. The standard InChI is InChI=1S/C13H16N4O/c1-13(2,12(15)18)17-10-4-3-8-7-16-6-5-9(8)11(10)14/h3-7,17H,14H2,1-2H3,(H2,15,18). The van der Waals surface area contributed by atoms with Crippen LogP contribution in [0.25, 0.3) is 10.8 Å². The third-order valence-corrected chi connectivity index (χ3v) is 2.92. The first-order chi connectivity index (χ1) is 8.42. The van der Waals surface area contributed by atoms with Crippen molar-refractivity contribution in [3.05, 3.63) is 30.6 Å². The number of carbonyl (C=O) groups excluding carboxylic acids is 1. The van der Waals surface area contributed by atoms with Crippen molar-refractivity contribution in [1.82, 2.24) is 4.98 Å². The van der Waals surface area contributed by atoms with Crippen LogP contribution in [0.1, 0.15) is 13.8 Å². The molecule has 0 aliphatic heterocycles. The van der Waals surface area contributed by atoms with Crippen LogP contribution in [-0.4, -0.2) is 16.4 Å². The van der Waals surface area contributed by atoms with E-state index >= 15 is 0 Å². The number of carbonyl (C=O) groups is 1. The minimum absolute atomic E-state index is 0.434. The average molecular weight is 244 g/mol. The van der Waals surface area contributed by atoms with Crippen LogP contribution < -0.4 is 16.8 Å². The molecule has 0 aliphatic rings. The molecule has 5 heteroatoms. The zero-order chi connectivity index (χ0) is 13.3. The molecule has 2 aromatic rings. The van der Waals surface area contributed by atoms with Crippen LogP contribution in [0, 0.1) is 0 Å². The van der Waals surface area contributed by atoms with Crippen molar-refractivity contribution in [1.29, 1.82) is 0 Å². The maximum Gasteiger partial charge on any atom is 0.242 e. The molecule has 5 N–H and O–H groups in total. The van der Waals surface area contributed by atoms with Gasteiger partial charge in [0.15, 0.2) is 0 Å². The van der Waals surface area contributed by atoms with E-state index in [1.54, 1.807) is 26.2 Å². The highest BCUT2D eigenvalue weighted by Gasteiger charge is 2.25. The van der Waals surface area contributed by atoms with Crippen LogP contribution in [0.15, 0.2) is 30.6 Å². The lowest BCUT2D eigenvalue weighted by Crippen LogP contribution is -2.45. The molecule has 1 heterocycles. The summed E-state index contributed by atoms with van der Waals surface area (Å²) >= 11 is 0. The predicted molar refractivity (Wildman–Crippen MR) is 73.1 cm³/mol. The molecule has 1 amide bonds. The SMILES string of the molecule is CC(C)(Nc1ccc2cnccc2c1N)C(N)=O. The van der Waals surface area contributed by atoms with Gasteiger partial charge in [0.05, 0.1) is 11.4 Å². The third kappa shape index (κ3) is 2.07. The number of amides is 1. The van der Waals surface area contributed by atoms with Gasteiger partial charge in [-0.1, -0.05) is 6.07 Å². The monoisotopic (exact) mass is 244 g/mol. The molecule has 0 unspecified atom stereocenters. The molecule has 2 rings (SSSR count). The van der Waals surface area contributed by atoms with E-state index in [4.69, 9.17) is 11.5 Å². The zero-order valence-electron chi connectivity index (χ0n) is 10.4. The molecule has 5 nitrogen and oxygen atoms in total. The number of pyridine rings is 1. The van der Waals surface area contributed by atoms with Crippen LogP contribution in [0.5, 0.6) is 0 Å². The van der Waals surface area contributed by atoms with Gasteiger partial charge in [0.2, 0.25) is 5.91 Å². The molecule has 0 atom stereocenters. The zero-order valence-corrected chi connectivity index (χ0v) is 10.4. The van der Waals surface area contributed by atoms with Gasteiger partial charge in [-0.05, 0) is 26.0 Å². The molecule has 0 bridgehead atoms.